The SMILES string of the molecule is COc1cc(CC(=O)N2CCCCC2c2nc3ccccc3s2)cc(OC)c1OC. The molecule has 1 saturated heterocycles. The molecule has 30 heavy (non-hydrogen) atoms. The van der Waals surface area contributed by atoms with Gasteiger partial charge in [0.1, 0.15) is 5.01 Å². The van der Waals surface area contributed by atoms with Gasteiger partial charge in [0.05, 0.1) is 44.0 Å². The van der Waals surface area contributed by atoms with Gasteiger partial charge in [0.2, 0.25) is 11.7 Å². The van der Waals surface area contributed by atoms with Crippen LogP contribution < -0.4 is 14.2 Å². The van der Waals surface area contributed by atoms with E-state index in [1.54, 1.807) is 32.7 Å². The highest BCUT2D eigenvalue weighted by Crippen LogP contribution is 2.39. The molecule has 1 fully saturated rings. The van der Waals surface area contributed by atoms with Crippen molar-refractivity contribution in [3.8, 4) is 17.2 Å². The minimum atomic E-state index is 0.0330. The van der Waals surface area contributed by atoms with Crippen LogP contribution in [0, 0.1) is 0 Å². The predicted octanol–water partition coefficient (Wildman–Crippen LogP) is 4.62. The lowest BCUT2D eigenvalue weighted by Gasteiger charge is -2.34. The molecule has 0 bridgehead atoms. The molecule has 1 aliphatic heterocycles. The Morgan fingerprint density at radius 1 is 1.10 bits per heavy atom. The first-order chi connectivity index (χ1) is 14.6. The number of hydrogen-bond acceptors (Lipinski definition) is 6. The van der Waals surface area contributed by atoms with Crippen molar-refractivity contribution in [1.29, 1.82) is 0 Å². The van der Waals surface area contributed by atoms with Crippen LogP contribution in [-0.4, -0.2) is 43.7 Å². The molecular weight excluding hydrogens is 400 g/mol. The van der Waals surface area contributed by atoms with Gasteiger partial charge >= 0.3 is 0 Å². The minimum Gasteiger partial charge on any atom is -0.493 e. The molecular formula is C23H26N2O4S. The Hall–Kier alpha value is -2.80. The number of aromatic nitrogens is 1. The average molecular weight is 427 g/mol. The van der Waals surface area contributed by atoms with Gasteiger partial charge in [-0.1, -0.05) is 12.1 Å². The van der Waals surface area contributed by atoms with Crippen molar-refractivity contribution in [1.82, 2.24) is 9.88 Å². The van der Waals surface area contributed by atoms with Crippen molar-refractivity contribution in [2.45, 2.75) is 31.7 Å². The first kappa shape index (κ1) is 20.5. The van der Waals surface area contributed by atoms with E-state index in [9.17, 15) is 4.79 Å². The molecule has 0 radical (unpaired) electrons. The predicted molar refractivity (Wildman–Crippen MR) is 118 cm³/mol. The van der Waals surface area contributed by atoms with Crippen molar-refractivity contribution in [2.24, 2.45) is 0 Å². The number of methoxy groups -OCH3 is 3. The van der Waals surface area contributed by atoms with Crippen LogP contribution in [0.15, 0.2) is 36.4 Å². The Morgan fingerprint density at radius 2 is 1.83 bits per heavy atom. The summed E-state index contributed by atoms with van der Waals surface area (Å²) in [7, 11) is 4.73. The van der Waals surface area contributed by atoms with Crippen LogP contribution in [0.2, 0.25) is 0 Å². The highest BCUT2D eigenvalue weighted by Gasteiger charge is 2.30. The fraction of sp³-hybridized carbons (Fsp3) is 0.391. The smallest absolute Gasteiger partial charge is 0.227 e. The van der Waals surface area contributed by atoms with E-state index in [1.807, 2.05) is 35.2 Å². The summed E-state index contributed by atoms with van der Waals surface area (Å²) in [5.74, 6) is 1.73. The lowest BCUT2D eigenvalue weighted by Crippen LogP contribution is -2.39. The van der Waals surface area contributed by atoms with Crippen LogP contribution in [0.5, 0.6) is 17.2 Å². The summed E-state index contributed by atoms with van der Waals surface area (Å²) in [6, 6.07) is 11.9. The molecule has 1 amide bonds. The van der Waals surface area contributed by atoms with Gasteiger partial charge in [0, 0.05) is 6.54 Å². The molecule has 3 aromatic rings. The zero-order valence-corrected chi connectivity index (χ0v) is 18.3. The Bertz CT molecular complexity index is 991. The number of piperidine rings is 1. The van der Waals surface area contributed by atoms with Gasteiger partial charge in [-0.3, -0.25) is 4.79 Å². The normalized spacial score (nSPS) is 16.5. The third-order valence-corrected chi connectivity index (χ3v) is 6.64. The maximum absolute atomic E-state index is 13.3. The second-order valence-electron chi connectivity index (χ2n) is 7.33. The Labute approximate surface area is 180 Å². The monoisotopic (exact) mass is 426 g/mol. The number of nitrogens with zero attached hydrogens (tertiary/aromatic N) is 2. The van der Waals surface area contributed by atoms with E-state index in [0.29, 0.717) is 17.2 Å². The van der Waals surface area contributed by atoms with E-state index in [2.05, 4.69) is 6.07 Å². The number of ether oxygens (including phenoxy) is 3. The summed E-state index contributed by atoms with van der Waals surface area (Å²) in [4.78, 5) is 20.1. The molecule has 0 N–H and O–H groups in total. The van der Waals surface area contributed by atoms with Crippen LogP contribution in [0.25, 0.3) is 10.2 Å². The summed E-state index contributed by atoms with van der Waals surface area (Å²) in [5, 5.41) is 1.02. The molecule has 1 aromatic heterocycles. The molecule has 0 spiro atoms. The number of hydrogen-bond donors (Lipinski definition) is 0. The number of carbonyl (C=O) groups is 1. The van der Waals surface area contributed by atoms with E-state index in [-0.39, 0.29) is 18.4 Å². The van der Waals surface area contributed by atoms with Crippen LogP contribution in [0.1, 0.15) is 35.9 Å². The van der Waals surface area contributed by atoms with Gasteiger partial charge in [-0.25, -0.2) is 4.98 Å². The average Bonchev–Trinajstić information content (AvgIpc) is 3.22. The number of rotatable bonds is 6. The molecule has 0 saturated carbocycles. The summed E-state index contributed by atoms with van der Waals surface area (Å²) < 4.78 is 17.4. The fourth-order valence-corrected chi connectivity index (χ4v) is 5.15. The molecule has 0 aliphatic carbocycles. The van der Waals surface area contributed by atoms with Crippen LogP contribution in [0.4, 0.5) is 0 Å². The lowest BCUT2D eigenvalue weighted by atomic mass is 10.0. The molecule has 2 heterocycles. The lowest BCUT2D eigenvalue weighted by molar-refractivity contribution is -0.134. The van der Waals surface area contributed by atoms with Gasteiger partial charge in [0.15, 0.2) is 11.5 Å². The topological polar surface area (TPSA) is 60.9 Å². The number of carbonyl (C=O) groups excluding carboxylic acids is 1. The summed E-state index contributed by atoms with van der Waals surface area (Å²) in [6.45, 7) is 0.754. The number of thiazole rings is 1. The van der Waals surface area contributed by atoms with Gasteiger partial charge in [-0.2, -0.15) is 0 Å². The second-order valence-corrected chi connectivity index (χ2v) is 8.39. The number of amides is 1. The summed E-state index contributed by atoms with van der Waals surface area (Å²) in [5.41, 5.74) is 1.84. The molecule has 4 rings (SSSR count). The fourth-order valence-electron chi connectivity index (χ4n) is 4.03. The van der Waals surface area contributed by atoms with E-state index in [4.69, 9.17) is 19.2 Å². The summed E-state index contributed by atoms with van der Waals surface area (Å²) >= 11 is 1.69. The van der Waals surface area contributed by atoms with E-state index < -0.39 is 0 Å². The van der Waals surface area contributed by atoms with Crippen molar-refractivity contribution in [3.05, 3.63) is 47.0 Å². The quantitative estimate of drug-likeness (QED) is 0.576. The van der Waals surface area contributed by atoms with Crippen LogP contribution in [0.3, 0.4) is 0 Å². The molecule has 2 aromatic carbocycles. The van der Waals surface area contributed by atoms with Gasteiger partial charge in [-0.15, -0.1) is 11.3 Å². The molecule has 1 aliphatic rings. The second kappa shape index (κ2) is 8.92. The Balaban J connectivity index is 1.59. The Morgan fingerprint density at radius 3 is 2.50 bits per heavy atom. The van der Waals surface area contributed by atoms with E-state index >= 15 is 0 Å². The first-order valence-electron chi connectivity index (χ1n) is 10.1. The highest BCUT2D eigenvalue weighted by atomic mass is 32.1. The Kier molecular flexibility index (Phi) is 6.08. The molecule has 1 atom stereocenters. The van der Waals surface area contributed by atoms with Crippen LogP contribution >= 0.6 is 11.3 Å². The van der Waals surface area contributed by atoms with Crippen molar-refractivity contribution in [2.75, 3.05) is 27.9 Å². The minimum absolute atomic E-state index is 0.0330. The molecule has 158 valence electrons. The maximum atomic E-state index is 13.3. The van der Waals surface area contributed by atoms with Crippen molar-refractivity contribution < 1.29 is 19.0 Å². The summed E-state index contributed by atoms with van der Waals surface area (Å²) in [6.07, 6.45) is 3.34. The third kappa shape index (κ3) is 3.94. The van der Waals surface area contributed by atoms with Crippen molar-refractivity contribution in [3.63, 3.8) is 0 Å². The first-order valence-corrected chi connectivity index (χ1v) is 10.9. The molecule has 7 heteroatoms. The number of fused-ring (bicyclic) bond motifs is 1. The maximum Gasteiger partial charge on any atom is 0.227 e. The third-order valence-electron chi connectivity index (χ3n) is 5.50. The standard InChI is InChI=1S/C23H26N2O4S/c1-27-18-12-15(13-19(28-2)22(18)29-3)14-21(26)25-11-7-6-9-17(25)23-24-16-8-4-5-10-20(16)30-23/h4-5,8,10,12-13,17H,6-7,9,11,14H2,1-3H3. The van der Waals surface area contributed by atoms with Gasteiger partial charge < -0.3 is 19.1 Å². The van der Waals surface area contributed by atoms with Gasteiger partial charge in [0.25, 0.3) is 0 Å². The van der Waals surface area contributed by atoms with E-state index in [0.717, 1.165) is 46.6 Å². The zero-order valence-electron chi connectivity index (χ0n) is 17.5. The number of likely N-dealkylation sites (tertiary alicyclic amines) is 1. The zero-order chi connectivity index (χ0) is 21.1. The van der Waals surface area contributed by atoms with Crippen molar-refractivity contribution >= 4 is 27.5 Å². The van der Waals surface area contributed by atoms with Gasteiger partial charge in [-0.05, 0) is 49.1 Å². The molecule has 6 nitrogen and oxygen atoms in total. The van der Waals surface area contributed by atoms with E-state index in [1.165, 1.54) is 0 Å². The number of benzene rings is 2. The molecule has 1 unspecified atom stereocenters. The van der Waals surface area contributed by atoms with Crippen LogP contribution in [-0.2, 0) is 11.2 Å². The number of para-hydroxylation sites is 1. The highest BCUT2D eigenvalue weighted by molar-refractivity contribution is 7.18. The largest absolute Gasteiger partial charge is 0.493 e.